The molecule has 7 nitrogen and oxygen atoms in total. The molecule has 5 rings (SSSR count). The molecule has 3 aliphatic heterocycles. The highest BCUT2D eigenvalue weighted by atomic mass is 79.9. The van der Waals surface area contributed by atoms with E-state index >= 15 is 0 Å². The Kier molecular flexibility index (Phi) is 5.93. The van der Waals surface area contributed by atoms with Crippen molar-refractivity contribution in [2.75, 3.05) is 50.9 Å². The summed E-state index contributed by atoms with van der Waals surface area (Å²) in [4.78, 5) is 12.5. The summed E-state index contributed by atoms with van der Waals surface area (Å²) >= 11 is 2.93. The molecule has 2 aromatic rings. The Labute approximate surface area is 191 Å². The molecule has 0 aliphatic carbocycles. The third-order valence-electron chi connectivity index (χ3n) is 6.56. The van der Waals surface area contributed by atoms with Crippen molar-refractivity contribution in [2.45, 2.75) is 37.1 Å². The number of nitrogens with zero attached hydrogens (tertiary/aromatic N) is 4. The Hall–Kier alpha value is -1.69. The fourth-order valence-corrected chi connectivity index (χ4v) is 5.38. The van der Waals surface area contributed by atoms with Crippen molar-refractivity contribution in [3.8, 4) is 6.01 Å². The van der Waals surface area contributed by atoms with Crippen LogP contribution >= 0.6 is 15.9 Å². The van der Waals surface area contributed by atoms with Gasteiger partial charge in [0.1, 0.15) is 29.9 Å². The second-order valence-electron chi connectivity index (χ2n) is 8.75. The van der Waals surface area contributed by atoms with E-state index in [9.17, 15) is 18.3 Å². The maximum absolute atomic E-state index is 15.0. The van der Waals surface area contributed by atoms with E-state index in [4.69, 9.17) is 9.47 Å². The molecule has 3 fully saturated rings. The van der Waals surface area contributed by atoms with Gasteiger partial charge in [0.2, 0.25) is 0 Å². The Bertz CT molecular complexity index is 1030. The Morgan fingerprint density at radius 3 is 2.97 bits per heavy atom. The average molecular weight is 517 g/mol. The molecule has 3 atom stereocenters. The molecule has 0 spiro atoms. The zero-order valence-electron chi connectivity index (χ0n) is 17.4. The van der Waals surface area contributed by atoms with E-state index in [-0.39, 0.29) is 47.0 Å². The predicted molar refractivity (Wildman–Crippen MR) is 115 cm³/mol. The molecule has 174 valence electrons. The summed E-state index contributed by atoms with van der Waals surface area (Å²) in [5.74, 6) is -1.37. The maximum Gasteiger partial charge on any atom is 0.319 e. The van der Waals surface area contributed by atoms with E-state index in [1.165, 1.54) is 6.07 Å². The first kappa shape index (κ1) is 22.1. The number of β-amino-alcohol motifs (C(OH)–C–C–N with tert-alkyl or cyclic N) is 1. The highest BCUT2D eigenvalue weighted by molar-refractivity contribution is 9.10. The molecule has 1 aromatic heterocycles. The molecule has 0 saturated carbocycles. The number of alkyl halides is 1. The largest absolute Gasteiger partial charge is 0.461 e. The van der Waals surface area contributed by atoms with Gasteiger partial charge in [0.15, 0.2) is 5.82 Å². The van der Waals surface area contributed by atoms with Crippen LogP contribution in [0, 0.1) is 11.6 Å². The van der Waals surface area contributed by atoms with Gasteiger partial charge in [-0.15, -0.1) is 0 Å². The zero-order chi connectivity index (χ0) is 22.5. The molecule has 3 saturated heterocycles. The highest BCUT2D eigenvalue weighted by Crippen LogP contribution is 2.40. The second kappa shape index (κ2) is 8.58. The summed E-state index contributed by atoms with van der Waals surface area (Å²) in [5.41, 5.74) is -0.500. The lowest BCUT2D eigenvalue weighted by molar-refractivity contribution is 0.0597. The van der Waals surface area contributed by atoms with Crippen LogP contribution in [0.1, 0.15) is 19.3 Å². The van der Waals surface area contributed by atoms with Crippen LogP contribution in [0.4, 0.5) is 19.0 Å². The van der Waals surface area contributed by atoms with E-state index in [0.29, 0.717) is 26.1 Å². The number of rotatable bonds is 4. The Morgan fingerprint density at radius 1 is 1.28 bits per heavy atom. The lowest BCUT2D eigenvalue weighted by Gasteiger charge is -2.31. The van der Waals surface area contributed by atoms with Crippen molar-refractivity contribution in [1.29, 1.82) is 0 Å². The van der Waals surface area contributed by atoms with E-state index < -0.39 is 29.4 Å². The highest BCUT2D eigenvalue weighted by Gasteiger charge is 2.49. The van der Waals surface area contributed by atoms with Gasteiger partial charge in [-0.2, -0.15) is 9.97 Å². The van der Waals surface area contributed by atoms with Gasteiger partial charge >= 0.3 is 6.01 Å². The van der Waals surface area contributed by atoms with Crippen LogP contribution in [0.5, 0.6) is 6.01 Å². The van der Waals surface area contributed by atoms with Gasteiger partial charge in [-0.1, -0.05) is 0 Å². The quantitative estimate of drug-likeness (QED) is 0.626. The number of anilines is 1. The van der Waals surface area contributed by atoms with Crippen LogP contribution in [-0.2, 0) is 4.74 Å². The van der Waals surface area contributed by atoms with Gasteiger partial charge in [0.25, 0.3) is 0 Å². The lowest BCUT2D eigenvalue weighted by atomic mass is 9.95. The van der Waals surface area contributed by atoms with Crippen LogP contribution in [0.3, 0.4) is 0 Å². The monoisotopic (exact) mass is 516 g/mol. The molecule has 0 bridgehead atoms. The molecular weight excluding hydrogens is 493 g/mol. The molecule has 11 heteroatoms. The number of fused-ring (bicyclic) bond motifs is 2. The lowest BCUT2D eigenvalue weighted by Crippen LogP contribution is -2.43. The van der Waals surface area contributed by atoms with Crippen molar-refractivity contribution in [2.24, 2.45) is 0 Å². The SMILES string of the molecule is OC1COCCN(c2nc(OC[C@@]34CCCN3C[C@H](F)C4)nc3c(F)c(Br)c(F)cc23)C1. The number of benzene rings is 1. The number of hydrogen-bond donors (Lipinski definition) is 1. The number of ether oxygens (including phenoxy) is 2. The minimum atomic E-state index is -0.901. The number of hydrogen-bond acceptors (Lipinski definition) is 7. The number of aromatic nitrogens is 2. The van der Waals surface area contributed by atoms with Crippen molar-refractivity contribution in [1.82, 2.24) is 14.9 Å². The second-order valence-corrected chi connectivity index (χ2v) is 9.54. The maximum atomic E-state index is 15.0. The van der Waals surface area contributed by atoms with Gasteiger partial charge in [-0.3, -0.25) is 4.90 Å². The van der Waals surface area contributed by atoms with Gasteiger partial charge in [0, 0.05) is 31.4 Å². The van der Waals surface area contributed by atoms with Gasteiger partial charge in [-0.25, -0.2) is 13.2 Å². The van der Waals surface area contributed by atoms with Crippen molar-refractivity contribution >= 4 is 32.7 Å². The summed E-state index contributed by atoms with van der Waals surface area (Å²) < 4.78 is 54.4. The third kappa shape index (κ3) is 3.93. The van der Waals surface area contributed by atoms with Crippen LogP contribution in [0.25, 0.3) is 10.9 Å². The fraction of sp³-hybridized carbons (Fsp3) is 0.619. The molecule has 1 N–H and O–H groups in total. The van der Waals surface area contributed by atoms with Crippen LogP contribution in [0.2, 0.25) is 0 Å². The van der Waals surface area contributed by atoms with Crippen molar-refractivity contribution in [3.05, 3.63) is 22.2 Å². The smallest absolute Gasteiger partial charge is 0.319 e. The van der Waals surface area contributed by atoms with E-state index in [1.807, 2.05) is 0 Å². The summed E-state index contributed by atoms with van der Waals surface area (Å²) in [6, 6.07) is 1.11. The minimum absolute atomic E-state index is 0.0619. The van der Waals surface area contributed by atoms with Gasteiger partial charge in [0.05, 0.1) is 29.3 Å². The zero-order valence-corrected chi connectivity index (χ0v) is 19.0. The number of halogens is 4. The normalized spacial score (nSPS) is 28.8. The first-order valence-electron chi connectivity index (χ1n) is 10.7. The molecule has 32 heavy (non-hydrogen) atoms. The third-order valence-corrected chi connectivity index (χ3v) is 7.29. The molecule has 1 aromatic carbocycles. The molecule has 4 heterocycles. The number of aliphatic hydroxyl groups excluding tert-OH is 1. The molecular formula is C21H24BrF3N4O3. The van der Waals surface area contributed by atoms with E-state index in [1.54, 1.807) is 4.90 Å². The van der Waals surface area contributed by atoms with Gasteiger partial charge in [-0.05, 0) is 41.4 Å². The van der Waals surface area contributed by atoms with Crippen molar-refractivity contribution < 1.29 is 27.8 Å². The molecule has 0 radical (unpaired) electrons. The van der Waals surface area contributed by atoms with Gasteiger partial charge < -0.3 is 19.5 Å². The number of aliphatic hydroxyl groups is 1. The summed E-state index contributed by atoms with van der Waals surface area (Å²) in [6.45, 7) is 2.46. The first-order valence-corrected chi connectivity index (χ1v) is 11.5. The Morgan fingerprint density at radius 2 is 2.12 bits per heavy atom. The van der Waals surface area contributed by atoms with E-state index in [2.05, 4.69) is 30.8 Å². The molecule has 0 amide bonds. The van der Waals surface area contributed by atoms with Crippen LogP contribution in [0.15, 0.2) is 10.5 Å². The topological polar surface area (TPSA) is 71.0 Å². The first-order chi connectivity index (χ1) is 15.4. The predicted octanol–water partition coefficient (Wildman–Crippen LogP) is 2.82. The average Bonchev–Trinajstić information content (AvgIpc) is 3.19. The minimum Gasteiger partial charge on any atom is -0.461 e. The Balaban J connectivity index is 1.53. The summed E-state index contributed by atoms with van der Waals surface area (Å²) in [7, 11) is 0. The molecule has 3 aliphatic rings. The van der Waals surface area contributed by atoms with Crippen LogP contribution < -0.4 is 9.64 Å². The van der Waals surface area contributed by atoms with Crippen molar-refractivity contribution in [3.63, 3.8) is 0 Å². The standard InChI is InChI=1S/C21H24BrF3N4O3/c22-16-15(24)6-14-18(17(16)25)26-20(27-19(14)28-4-5-31-10-13(30)9-28)32-11-21-2-1-3-29(21)8-12(23)7-21/h6,12-13,30H,1-5,7-11H2/t12-,13?,21+/m1/s1. The van der Waals surface area contributed by atoms with E-state index in [0.717, 1.165) is 19.4 Å². The molecule has 1 unspecified atom stereocenters. The fourth-order valence-electron chi connectivity index (χ4n) is 5.07. The summed E-state index contributed by atoms with van der Waals surface area (Å²) in [6.07, 6.45) is 0.486. The summed E-state index contributed by atoms with van der Waals surface area (Å²) in [5, 5.41) is 10.3. The van der Waals surface area contributed by atoms with Crippen LogP contribution in [-0.4, -0.2) is 83.8 Å².